The molecule has 2 aliphatic rings. The van der Waals surface area contributed by atoms with Crippen LogP contribution in [0.2, 0.25) is 0 Å². The van der Waals surface area contributed by atoms with Gasteiger partial charge in [-0.05, 0) is 31.5 Å². The number of anilines is 1. The summed E-state index contributed by atoms with van der Waals surface area (Å²) in [4.78, 5) is 28.1. The molecule has 1 aliphatic carbocycles. The zero-order valence-corrected chi connectivity index (χ0v) is 12.3. The quantitative estimate of drug-likeness (QED) is 0.625. The zero-order chi connectivity index (χ0) is 16.1. The normalized spacial score (nSPS) is 25.2. The molecule has 0 radical (unpaired) electrons. The molecule has 3 N–H and O–H groups in total. The van der Waals surface area contributed by atoms with Gasteiger partial charge in [0.05, 0.1) is 11.9 Å². The van der Waals surface area contributed by atoms with Crippen molar-refractivity contribution in [2.45, 2.75) is 25.1 Å². The van der Waals surface area contributed by atoms with E-state index in [1.54, 1.807) is 12.4 Å². The van der Waals surface area contributed by atoms with Gasteiger partial charge in [0, 0.05) is 30.8 Å². The number of fused-ring (bicyclic) bond motifs is 1. The fraction of sp³-hybridized carbons (Fsp3) is 0.400. The zero-order valence-electron chi connectivity index (χ0n) is 12.3. The summed E-state index contributed by atoms with van der Waals surface area (Å²) in [6.07, 6.45) is 6.71. The van der Waals surface area contributed by atoms with Crippen molar-refractivity contribution >= 4 is 17.6 Å². The van der Waals surface area contributed by atoms with Gasteiger partial charge in [-0.3, -0.25) is 4.98 Å². The Hall–Kier alpha value is -2.41. The van der Waals surface area contributed by atoms with Gasteiger partial charge in [-0.1, -0.05) is 0 Å². The Kier molecular flexibility index (Phi) is 5.11. The van der Waals surface area contributed by atoms with Crippen molar-refractivity contribution in [1.29, 1.82) is 0 Å². The molecule has 7 heteroatoms. The van der Waals surface area contributed by atoms with Gasteiger partial charge in [0.1, 0.15) is 0 Å². The molecule has 0 bridgehead atoms. The van der Waals surface area contributed by atoms with Crippen molar-refractivity contribution in [3.63, 3.8) is 0 Å². The first kappa shape index (κ1) is 16.0. The highest BCUT2D eigenvalue weighted by Crippen LogP contribution is 2.49. The predicted octanol–water partition coefficient (Wildman–Crippen LogP) is 0.765. The monoisotopic (exact) mass is 305 g/mol. The van der Waals surface area contributed by atoms with E-state index in [4.69, 9.17) is 9.84 Å². The second kappa shape index (κ2) is 7.04. The molecule has 3 rings (SSSR count). The van der Waals surface area contributed by atoms with Crippen molar-refractivity contribution in [3.05, 3.63) is 36.7 Å². The molecule has 7 nitrogen and oxygen atoms in total. The predicted molar refractivity (Wildman–Crippen MR) is 80.0 cm³/mol. The first-order chi connectivity index (χ1) is 10.6. The van der Waals surface area contributed by atoms with Crippen LogP contribution in [-0.2, 0) is 14.3 Å². The SMILES string of the molecule is CN.O=C(O)/C=C/C(=O)OC1CC2CC2N1c1cccnc1. The molecule has 0 aromatic carbocycles. The molecule has 1 aromatic rings. The Morgan fingerprint density at radius 1 is 1.41 bits per heavy atom. The van der Waals surface area contributed by atoms with Crippen LogP contribution in [0.15, 0.2) is 36.7 Å². The van der Waals surface area contributed by atoms with Crippen molar-refractivity contribution in [3.8, 4) is 0 Å². The van der Waals surface area contributed by atoms with Gasteiger partial charge in [-0.15, -0.1) is 0 Å². The lowest BCUT2D eigenvalue weighted by molar-refractivity contribution is -0.143. The molecule has 22 heavy (non-hydrogen) atoms. The Labute approximate surface area is 128 Å². The molecule has 1 saturated carbocycles. The largest absolute Gasteiger partial charge is 0.478 e. The molecule has 1 saturated heterocycles. The lowest BCUT2D eigenvalue weighted by Crippen LogP contribution is -2.36. The van der Waals surface area contributed by atoms with Crippen LogP contribution in [-0.4, -0.2) is 41.3 Å². The van der Waals surface area contributed by atoms with E-state index in [1.807, 2.05) is 12.1 Å². The molecule has 0 spiro atoms. The minimum absolute atomic E-state index is 0.339. The molecule has 3 unspecified atom stereocenters. The van der Waals surface area contributed by atoms with Crippen molar-refractivity contribution in [2.75, 3.05) is 11.9 Å². The van der Waals surface area contributed by atoms with Crippen molar-refractivity contribution in [2.24, 2.45) is 11.7 Å². The topological polar surface area (TPSA) is 106 Å². The highest BCUT2D eigenvalue weighted by atomic mass is 16.6. The Bertz CT molecular complexity index is 561. The summed E-state index contributed by atoms with van der Waals surface area (Å²) in [5.41, 5.74) is 5.43. The third kappa shape index (κ3) is 3.62. The van der Waals surface area contributed by atoms with E-state index >= 15 is 0 Å². The molecule has 0 amide bonds. The molecule has 118 valence electrons. The number of piperidine rings is 1. The second-order valence-corrected chi connectivity index (χ2v) is 4.98. The van der Waals surface area contributed by atoms with Crippen LogP contribution in [0.1, 0.15) is 12.8 Å². The van der Waals surface area contributed by atoms with Gasteiger partial charge in [0.15, 0.2) is 6.23 Å². The molecule has 2 fully saturated rings. The number of carboxylic acid groups (broad SMARTS) is 1. The molecule has 1 aromatic heterocycles. The van der Waals surface area contributed by atoms with Crippen LogP contribution in [0.3, 0.4) is 0 Å². The summed E-state index contributed by atoms with van der Waals surface area (Å²) in [5.74, 6) is -1.25. The highest BCUT2D eigenvalue weighted by Gasteiger charge is 2.53. The van der Waals surface area contributed by atoms with Gasteiger partial charge in [0.2, 0.25) is 0 Å². The van der Waals surface area contributed by atoms with Crippen LogP contribution >= 0.6 is 0 Å². The maximum absolute atomic E-state index is 11.6. The molecule has 1 aliphatic heterocycles. The number of pyridine rings is 1. The summed E-state index contributed by atoms with van der Waals surface area (Å²) < 4.78 is 5.34. The smallest absolute Gasteiger partial charge is 0.332 e. The minimum atomic E-state index is -1.17. The summed E-state index contributed by atoms with van der Waals surface area (Å²) >= 11 is 0. The minimum Gasteiger partial charge on any atom is -0.478 e. The molecule has 3 atom stereocenters. The molecule has 2 heterocycles. The molecular weight excluding hydrogens is 286 g/mol. The van der Waals surface area contributed by atoms with Crippen molar-refractivity contribution in [1.82, 2.24) is 4.98 Å². The fourth-order valence-electron chi connectivity index (χ4n) is 2.69. The number of aliphatic carboxylic acids is 1. The average Bonchev–Trinajstić information content (AvgIpc) is 3.19. The Balaban J connectivity index is 0.000000847. The van der Waals surface area contributed by atoms with Crippen LogP contribution in [0, 0.1) is 5.92 Å². The van der Waals surface area contributed by atoms with Crippen molar-refractivity contribution < 1.29 is 19.4 Å². The number of hydrogen-bond acceptors (Lipinski definition) is 6. The maximum atomic E-state index is 11.6. The average molecular weight is 305 g/mol. The summed E-state index contributed by atoms with van der Waals surface area (Å²) in [6, 6.07) is 4.18. The van der Waals surface area contributed by atoms with E-state index in [0.29, 0.717) is 12.0 Å². The maximum Gasteiger partial charge on any atom is 0.332 e. The lowest BCUT2D eigenvalue weighted by Gasteiger charge is -2.28. The number of nitrogens with zero attached hydrogens (tertiary/aromatic N) is 2. The Morgan fingerprint density at radius 3 is 2.82 bits per heavy atom. The van der Waals surface area contributed by atoms with E-state index < -0.39 is 11.9 Å². The first-order valence-electron chi connectivity index (χ1n) is 7.03. The second-order valence-electron chi connectivity index (χ2n) is 4.98. The summed E-state index contributed by atoms with van der Waals surface area (Å²) in [6.45, 7) is 0. The summed E-state index contributed by atoms with van der Waals surface area (Å²) in [7, 11) is 1.50. The number of esters is 1. The third-order valence-corrected chi connectivity index (χ3v) is 3.62. The van der Waals surface area contributed by atoms with Crippen LogP contribution in [0.4, 0.5) is 5.69 Å². The number of ether oxygens (including phenoxy) is 1. The Morgan fingerprint density at radius 2 is 2.18 bits per heavy atom. The fourth-order valence-corrected chi connectivity index (χ4v) is 2.69. The number of aromatic nitrogens is 1. The van der Waals surface area contributed by atoms with E-state index in [0.717, 1.165) is 30.7 Å². The summed E-state index contributed by atoms with van der Waals surface area (Å²) in [5, 5.41) is 8.49. The van der Waals surface area contributed by atoms with E-state index in [-0.39, 0.29) is 6.23 Å². The van der Waals surface area contributed by atoms with Gasteiger partial charge >= 0.3 is 11.9 Å². The van der Waals surface area contributed by atoms with Gasteiger partial charge in [-0.25, -0.2) is 9.59 Å². The van der Waals surface area contributed by atoms with Crippen LogP contribution in [0.5, 0.6) is 0 Å². The van der Waals surface area contributed by atoms with Gasteiger partial charge < -0.3 is 20.5 Å². The standard InChI is InChI=1S/C14H14N2O4.CH5N/c17-13(18)3-4-14(19)20-12-7-9-6-11(9)16(12)10-2-1-5-15-8-10;1-2/h1-5,8-9,11-12H,6-7H2,(H,17,18);2H2,1H3/b4-3+;. The highest BCUT2D eigenvalue weighted by molar-refractivity contribution is 5.90. The number of rotatable bonds is 4. The number of carbonyl (C=O) groups excluding carboxylic acids is 1. The van der Waals surface area contributed by atoms with Crippen LogP contribution in [0.25, 0.3) is 0 Å². The van der Waals surface area contributed by atoms with E-state index in [1.165, 1.54) is 7.05 Å². The molecular formula is C15H19N3O4. The van der Waals surface area contributed by atoms with E-state index in [9.17, 15) is 9.59 Å². The number of carboxylic acids is 1. The lowest BCUT2D eigenvalue weighted by atomic mass is 10.3. The van der Waals surface area contributed by atoms with Gasteiger partial charge in [-0.2, -0.15) is 0 Å². The third-order valence-electron chi connectivity index (χ3n) is 3.62. The number of nitrogens with two attached hydrogens (primary N) is 1. The van der Waals surface area contributed by atoms with E-state index in [2.05, 4.69) is 15.6 Å². The number of carbonyl (C=O) groups is 2. The number of hydrogen-bond donors (Lipinski definition) is 2. The van der Waals surface area contributed by atoms with Crippen LogP contribution < -0.4 is 10.6 Å². The first-order valence-corrected chi connectivity index (χ1v) is 7.03. The van der Waals surface area contributed by atoms with Gasteiger partial charge in [0.25, 0.3) is 0 Å².